The summed E-state index contributed by atoms with van der Waals surface area (Å²) in [4.78, 5) is 16.2. The Morgan fingerprint density at radius 1 is 1.62 bits per heavy atom. The van der Waals surface area contributed by atoms with Gasteiger partial charge in [-0.2, -0.15) is 0 Å². The van der Waals surface area contributed by atoms with Gasteiger partial charge >= 0.3 is 5.97 Å². The Bertz CT molecular complexity index is 394. The molecule has 16 heavy (non-hydrogen) atoms. The number of anilines is 1. The standard InChI is InChI=1S/C11H15FN2O2/c1-7(2)6-14(3)10-9(12)8(11(15)16)4-5-13-10/h4-5,7H,6H2,1-3H3,(H,15,16). The van der Waals surface area contributed by atoms with E-state index in [1.54, 1.807) is 11.9 Å². The summed E-state index contributed by atoms with van der Waals surface area (Å²) in [5.74, 6) is -1.63. The van der Waals surface area contributed by atoms with Crippen LogP contribution in [-0.2, 0) is 0 Å². The van der Waals surface area contributed by atoms with Gasteiger partial charge in [-0.05, 0) is 12.0 Å². The van der Waals surface area contributed by atoms with Crippen molar-refractivity contribution in [3.05, 3.63) is 23.6 Å². The molecule has 0 bridgehead atoms. The zero-order valence-electron chi connectivity index (χ0n) is 9.57. The highest BCUT2D eigenvalue weighted by atomic mass is 19.1. The van der Waals surface area contributed by atoms with E-state index in [2.05, 4.69) is 4.98 Å². The minimum absolute atomic E-state index is 0.0774. The topological polar surface area (TPSA) is 53.4 Å². The van der Waals surface area contributed by atoms with Crippen LogP contribution in [0.15, 0.2) is 12.3 Å². The number of carbonyl (C=O) groups is 1. The fourth-order valence-corrected chi connectivity index (χ4v) is 1.50. The summed E-state index contributed by atoms with van der Waals surface area (Å²) >= 11 is 0. The monoisotopic (exact) mass is 226 g/mol. The van der Waals surface area contributed by atoms with Crippen molar-refractivity contribution in [1.29, 1.82) is 0 Å². The number of aromatic nitrogens is 1. The lowest BCUT2D eigenvalue weighted by Gasteiger charge is -2.21. The van der Waals surface area contributed by atoms with Crippen LogP contribution in [0, 0.1) is 11.7 Å². The second kappa shape index (κ2) is 4.92. The predicted octanol–water partition coefficient (Wildman–Crippen LogP) is 2.01. The van der Waals surface area contributed by atoms with Crippen LogP contribution in [0.1, 0.15) is 24.2 Å². The molecule has 1 N–H and O–H groups in total. The normalized spacial score (nSPS) is 10.6. The Kier molecular flexibility index (Phi) is 3.82. The molecule has 0 aliphatic carbocycles. The van der Waals surface area contributed by atoms with Gasteiger partial charge in [-0.1, -0.05) is 13.8 Å². The largest absolute Gasteiger partial charge is 0.478 e. The molecule has 1 aromatic heterocycles. The number of carboxylic acid groups (broad SMARTS) is 1. The predicted molar refractivity (Wildman–Crippen MR) is 59.3 cm³/mol. The molecule has 1 heterocycles. The van der Waals surface area contributed by atoms with E-state index in [9.17, 15) is 9.18 Å². The van der Waals surface area contributed by atoms with Gasteiger partial charge in [-0.25, -0.2) is 14.2 Å². The molecular weight excluding hydrogens is 211 g/mol. The summed E-state index contributed by atoms with van der Waals surface area (Å²) in [6.07, 6.45) is 1.30. The lowest BCUT2D eigenvalue weighted by molar-refractivity contribution is 0.0692. The average Bonchev–Trinajstić information content (AvgIpc) is 2.16. The molecular formula is C11H15FN2O2. The number of hydrogen-bond acceptors (Lipinski definition) is 3. The smallest absolute Gasteiger partial charge is 0.338 e. The van der Waals surface area contributed by atoms with Crippen LogP contribution in [-0.4, -0.2) is 29.7 Å². The molecule has 0 saturated heterocycles. The number of nitrogens with zero attached hydrogens (tertiary/aromatic N) is 2. The number of halogens is 1. The number of hydrogen-bond donors (Lipinski definition) is 1. The zero-order valence-corrected chi connectivity index (χ0v) is 9.57. The maximum Gasteiger partial charge on any atom is 0.338 e. The van der Waals surface area contributed by atoms with Crippen molar-refractivity contribution in [1.82, 2.24) is 4.98 Å². The van der Waals surface area contributed by atoms with E-state index in [-0.39, 0.29) is 11.4 Å². The van der Waals surface area contributed by atoms with E-state index < -0.39 is 11.8 Å². The molecule has 0 fully saturated rings. The summed E-state index contributed by atoms with van der Waals surface area (Å²) in [7, 11) is 1.69. The fourth-order valence-electron chi connectivity index (χ4n) is 1.50. The first-order valence-corrected chi connectivity index (χ1v) is 5.02. The Hall–Kier alpha value is -1.65. The molecule has 0 amide bonds. The molecule has 0 saturated carbocycles. The van der Waals surface area contributed by atoms with Gasteiger partial charge in [0.2, 0.25) is 0 Å². The third kappa shape index (κ3) is 2.68. The number of rotatable bonds is 4. The second-order valence-corrected chi connectivity index (χ2v) is 4.08. The highest BCUT2D eigenvalue weighted by molar-refractivity contribution is 5.88. The van der Waals surface area contributed by atoms with Crippen LogP contribution in [0.4, 0.5) is 10.2 Å². The number of aromatic carboxylic acids is 1. The van der Waals surface area contributed by atoms with Crippen molar-refractivity contribution >= 4 is 11.8 Å². The van der Waals surface area contributed by atoms with Gasteiger partial charge in [0.15, 0.2) is 11.6 Å². The van der Waals surface area contributed by atoms with Crippen molar-refractivity contribution in [3.63, 3.8) is 0 Å². The van der Waals surface area contributed by atoms with E-state index in [1.807, 2.05) is 13.8 Å². The van der Waals surface area contributed by atoms with E-state index >= 15 is 0 Å². The first-order valence-electron chi connectivity index (χ1n) is 5.02. The summed E-state index contributed by atoms with van der Waals surface area (Å²) in [5, 5.41) is 8.77. The van der Waals surface area contributed by atoms with E-state index in [0.29, 0.717) is 12.5 Å². The number of pyridine rings is 1. The quantitative estimate of drug-likeness (QED) is 0.853. The van der Waals surface area contributed by atoms with Crippen LogP contribution in [0.25, 0.3) is 0 Å². The van der Waals surface area contributed by atoms with Gasteiger partial charge in [-0.3, -0.25) is 0 Å². The molecule has 0 aliphatic heterocycles. The maximum absolute atomic E-state index is 13.7. The molecule has 0 aliphatic rings. The molecule has 5 heteroatoms. The van der Waals surface area contributed by atoms with Crippen LogP contribution in [0.5, 0.6) is 0 Å². The molecule has 0 radical (unpaired) electrons. The molecule has 0 atom stereocenters. The van der Waals surface area contributed by atoms with Gasteiger partial charge in [0, 0.05) is 19.8 Å². The van der Waals surface area contributed by atoms with Gasteiger partial charge in [-0.15, -0.1) is 0 Å². The van der Waals surface area contributed by atoms with Crippen molar-refractivity contribution in [2.75, 3.05) is 18.5 Å². The fraction of sp³-hybridized carbons (Fsp3) is 0.455. The summed E-state index contributed by atoms with van der Waals surface area (Å²) in [5.41, 5.74) is -0.347. The van der Waals surface area contributed by atoms with Crippen molar-refractivity contribution in [2.45, 2.75) is 13.8 Å². The van der Waals surface area contributed by atoms with E-state index in [0.717, 1.165) is 6.07 Å². The Labute approximate surface area is 93.7 Å². The van der Waals surface area contributed by atoms with Crippen LogP contribution < -0.4 is 4.90 Å². The van der Waals surface area contributed by atoms with E-state index in [1.165, 1.54) is 6.20 Å². The Morgan fingerprint density at radius 3 is 2.75 bits per heavy atom. The zero-order chi connectivity index (χ0) is 12.3. The minimum atomic E-state index is -1.28. The SMILES string of the molecule is CC(C)CN(C)c1nccc(C(=O)O)c1F. The van der Waals surface area contributed by atoms with Crippen LogP contribution >= 0.6 is 0 Å². The van der Waals surface area contributed by atoms with Crippen molar-refractivity contribution < 1.29 is 14.3 Å². The molecule has 1 aromatic rings. The van der Waals surface area contributed by atoms with Gasteiger partial charge < -0.3 is 10.0 Å². The molecule has 0 aromatic carbocycles. The lowest BCUT2D eigenvalue weighted by atomic mass is 10.2. The highest BCUT2D eigenvalue weighted by Crippen LogP contribution is 2.19. The number of carboxylic acids is 1. The Balaban J connectivity index is 3.05. The van der Waals surface area contributed by atoms with Gasteiger partial charge in [0.25, 0.3) is 0 Å². The lowest BCUT2D eigenvalue weighted by Crippen LogP contribution is -2.25. The van der Waals surface area contributed by atoms with Gasteiger partial charge in [0.1, 0.15) is 5.56 Å². The summed E-state index contributed by atoms with van der Waals surface area (Å²) in [6, 6.07) is 1.16. The summed E-state index contributed by atoms with van der Waals surface area (Å²) < 4.78 is 13.7. The van der Waals surface area contributed by atoms with Crippen LogP contribution in [0.2, 0.25) is 0 Å². The average molecular weight is 226 g/mol. The van der Waals surface area contributed by atoms with Crippen molar-refractivity contribution in [2.24, 2.45) is 5.92 Å². The van der Waals surface area contributed by atoms with E-state index in [4.69, 9.17) is 5.11 Å². The third-order valence-electron chi connectivity index (χ3n) is 2.10. The molecule has 88 valence electrons. The minimum Gasteiger partial charge on any atom is -0.478 e. The van der Waals surface area contributed by atoms with Crippen LogP contribution in [0.3, 0.4) is 0 Å². The highest BCUT2D eigenvalue weighted by Gasteiger charge is 2.17. The Morgan fingerprint density at radius 2 is 2.25 bits per heavy atom. The molecule has 0 unspecified atom stereocenters. The van der Waals surface area contributed by atoms with Crippen molar-refractivity contribution in [3.8, 4) is 0 Å². The first kappa shape index (κ1) is 12.4. The molecule has 1 rings (SSSR count). The van der Waals surface area contributed by atoms with Gasteiger partial charge in [0.05, 0.1) is 0 Å². The maximum atomic E-state index is 13.7. The molecule has 0 spiro atoms. The first-order chi connectivity index (χ1) is 7.43. The summed E-state index contributed by atoms with van der Waals surface area (Å²) in [6.45, 7) is 4.61. The second-order valence-electron chi connectivity index (χ2n) is 4.08. The molecule has 4 nitrogen and oxygen atoms in total. The third-order valence-corrected chi connectivity index (χ3v) is 2.10.